The maximum absolute atomic E-state index is 6.26. The summed E-state index contributed by atoms with van der Waals surface area (Å²) in [5, 5.41) is 6.83. The van der Waals surface area contributed by atoms with Crippen LogP contribution in [0.2, 0.25) is 5.02 Å². The van der Waals surface area contributed by atoms with Gasteiger partial charge in [-0.05, 0) is 18.6 Å². The third-order valence-corrected chi connectivity index (χ3v) is 4.49. The minimum Gasteiger partial charge on any atom is -0.495 e. The highest BCUT2D eigenvalue weighted by Crippen LogP contribution is 2.38. The molecule has 0 bridgehead atoms. The quantitative estimate of drug-likeness (QED) is 0.542. The highest BCUT2D eigenvalue weighted by molar-refractivity contribution is 6.32. The smallest absolute Gasteiger partial charge is 0.159 e. The molecule has 3 rings (SSSR count). The van der Waals surface area contributed by atoms with E-state index in [-0.39, 0.29) is 0 Å². The van der Waals surface area contributed by atoms with Gasteiger partial charge in [0.1, 0.15) is 23.5 Å². The number of ether oxygens (including phenoxy) is 2. The van der Waals surface area contributed by atoms with Crippen molar-refractivity contribution in [1.82, 2.24) is 9.97 Å². The lowest BCUT2D eigenvalue weighted by Gasteiger charge is -2.16. The fourth-order valence-corrected chi connectivity index (χ4v) is 2.85. The fourth-order valence-electron chi connectivity index (χ4n) is 2.61. The van der Waals surface area contributed by atoms with E-state index in [4.69, 9.17) is 26.8 Å². The monoisotopic (exact) mass is 399 g/mol. The van der Waals surface area contributed by atoms with Crippen LogP contribution in [-0.2, 0) is 6.54 Å². The molecule has 1 aromatic heterocycles. The van der Waals surface area contributed by atoms with Crippen LogP contribution in [0.3, 0.4) is 0 Å². The lowest BCUT2D eigenvalue weighted by Crippen LogP contribution is -2.08. The minimum absolute atomic E-state index is 0.392. The molecule has 0 fully saturated rings. The molecule has 0 aliphatic rings. The molecule has 0 saturated heterocycles. The standard InChI is InChI=1S/C20H22ClN5O2/c1-12-4-6-13(7-5-12)10-23-19-18(22)20(25-11-24-19)26-15-8-14(21)16(27-2)9-17(15)28-3/h4-9,11H,10,22H2,1-3H3,(H2,23,24,25,26). The van der Waals surface area contributed by atoms with E-state index in [1.54, 1.807) is 26.4 Å². The van der Waals surface area contributed by atoms with Crippen LogP contribution < -0.4 is 25.8 Å². The van der Waals surface area contributed by atoms with Crippen LogP contribution in [0.5, 0.6) is 11.5 Å². The van der Waals surface area contributed by atoms with E-state index in [2.05, 4.69) is 51.8 Å². The predicted molar refractivity (Wildman–Crippen MR) is 113 cm³/mol. The third-order valence-electron chi connectivity index (χ3n) is 4.19. The van der Waals surface area contributed by atoms with Crippen LogP contribution in [0.15, 0.2) is 42.7 Å². The average molecular weight is 400 g/mol. The van der Waals surface area contributed by atoms with Gasteiger partial charge < -0.3 is 25.8 Å². The normalized spacial score (nSPS) is 10.4. The Hall–Kier alpha value is -3.19. The second kappa shape index (κ2) is 8.67. The van der Waals surface area contributed by atoms with E-state index < -0.39 is 0 Å². The molecule has 146 valence electrons. The van der Waals surface area contributed by atoms with Gasteiger partial charge in [0, 0.05) is 12.6 Å². The first-order valence-electron chi connectivity index (χ1n) is 8.60. The number of methoxy groups -OCH3 is 2. The van der Waals surface area contributed by atoms with E-state index >= 15 is 0 Å². The molecule has 0 amide bonds. The van der Waals surface area contributed by atoms with E-state index in [9.17, 15) is 0 Å². The van der Waals surface area contributed by atoms with Crippen molar-refractivity contribution in [1.29, 1.82) is 0 Å². The van der Waals surface area contributed by atoms with Crippen molar-refractivity contribution in [3.63, 3.8) is 0 Å². The molecule has 2 aromatic carbocycles. The maximum atomic E-state index is 6.26. The highest BCUT2D eigenvalue weighted by atomic mass is 35.5. The van der Waals surface area contributed by atoms with Crippen molar-refractivity contribution >= 4 is 34.6 Å². The number of anilines is 4. The van der Waals surface area contributed by atoms with Crippen LogP contribution in [0.25, 0.3) is 0 Å². The van der Waals surface area contributed by atoms with E-state index in [0.29, 0.717) is 46.1 Å². The summed E-state index contributed by atoms with van der Waals surface area (Å²) in [5.41, 5.74) is 9.60. The number of benzene rings is 2. The zero-order valence-corrected chi connectivity index (χ0v) is 16.7. The van der Waals surface area contributed by atoms with Gasteiger partial charge in [-0.1, -0.05) is 41.4 Å². The van der Waals surface area contributed by atoms with Gasteiger partial charge in [-0.2, -0.15) is 0 Å². The SMILES string of the molecule is COc1cc(OC)c(Nc2ncnc(NCc3ccc(C)cc3)c2N)cc1Cl. The number of aromatic nitrogens is 2. The van der Waals surface area contributed by atoms with Gasteiger partial charge in [0.25, 0.3) is 0 Å². The number of hydrogen-bond donors (Lipinski definition) is 3. The lowest BCUT2D eigenvalue weighted by molar-refractivity contribution is 0.396. The van der Waals surface area contributed by atoms with Gasteiger partial charge in [-0.25, -0.2) is 9.97 Å². The molecule has 0 atom stereocenters. The number of halogens is 1. The Morgan fingerprint density at radius 3 is 2.36 bits per heavy atom. The van der Waals surface area contributed by atoms with Crippen LogP contribution in [0.1, 0.15) is 11.1 Å². The molecule has 28 heavy (non-hydrogen) atoms. The lowest BCUT2D eigenvalue weighted by atomic mass is 10.1. The van der Waals surface area contributed by atoms with Gasteiger partial charge in [-0.3, -0.25) is 0 Å². The van der Waals surface area contributed by atoms with Gasteiger partial charge in [0.2, 0.25) is 0 Å². The first kappa shape index (κ1) is 19.6. The number of rotatable bonds is 7. The van der Waals surface area contributed by atoms with Gasteiger partial charge in [-0.15, -0.1) is 0 Å². The van der Waals surface area contributed by atoms with Crippen molar-refractivity contribution in [3.05, 3.63) is 58.9 Å². The molecule has 8 heteroatoms. The summed E-state index contributed by atoms with van der Waals surface area (Å²) in [6.45, 7) is 2.65. The number of nitrogens with two attached hydrogens (primary N) is 1. The van der Waals surface area contributed by atoms with Gasteiger partial charge in [0.15, 0.2) is 11.6 Å². The molecule has 0 aliphatic carbocycles. The average Bonchev–Trinajstić information content (AvgIpc) is 2.70. The molecule has 0 unspecified atom stereocenters. The van der Waals surface area contributed by atoms with Crippen molar-refractivity contribution in [3.8, 4) is 11.5 Å². The molecule has 0 aliphatic heterocycles. The molecule has 0 saturated carbocycles. The van der Waals surface area contributed by atoms with Gasteiger partial charge in [0.05, 0.1) is 24.9 Å². The highest BCUT2D eigenvalue weighted by Gasteiger charge is 2.14. The summed E-state index contributed by atoms with van der Waals surface area (Å²) in [5.74, 6) is 2.05. The Bertz CT molecular complexity index is 964. The number of nitrogens with zero attached hydrogens (tertiary/aromatic N) is 2. The first-order chi connectivity index (χ1) is 13.5. The number of nitrogens with one attached hydrogen (secondary N) is 2. The number of hydrogen-bond acceptors (Lipinski definition) is 7. The van der Waals surface area contributed by atoms with Crippen LogP contribution >= 0.6 is 11.6 Å². The molecule has 4 N–H and O–H groups in total. The molecule has 0 spiro atoms. The predicted octanol–water partition coefficient (Wildman–Crippen LogP) is 4.39. The van der Waals surface area contributed by atoms with E-state index in [1.165, 1.54) is 11.9 Å². The summed E-state index contributed by atoms with van der Waals surface area (Å²) >= 11 is 6.23. The molecular weight excluding hydrogens is 378 g/mol. The summed E-state index contributed by atoms with van der Waals surface area (Å²) in [6, 6.07) is 11.6. The first-order valence-corrected chi connectivity index (χ1v) is 8.98. The summed E-state index contributed by atoms with van der Waals surface area (Å²) < 4.78 is 10.6. The second-order valence-corrected chi connectivity index (χ2v) is 6.54. The van der Waals surface area contributed by atoms with Crippen LogP contribution in [0, 0.1) is 6.92 Å². The Morgan fingerprint density at radius 2 is 1.68 bits per heavy atom. The minimum atomic E-state index is 0.392. The van der Waals surface area contributed by atoms with E-state index in [0.717, 1.165) is 5.56 Å². The Labute approximate surface area is 168 Å². The molecule has 1 heterocycles. The van der Waals surface area contributed by atoms with E-state index in [1.807, 2.05) is 0 Å². The largest absolute Gasteiger partial charge is 0.495 e. The van der Waals surface area contributed by atoms with Crippen molar-refractivity contribution in [2.45, 2.75) is 13.5 Å². The van der Waals surface area contributed by atoms with Crippen LogP contribution in [0.4, 0.5) is 23.0 Å². The topological polar surface area (TPSA) is 94.3 Å². The Kier molecular flexibility index (Phi) is 6.06. The zero-order chi connectivity index (χ0) is 20.1. The molecule has 7 nitrogen and oxygen atoms in total. The van der Waals surface area contributed by atoms with Crippen molar-refractivity contribution < 1.29 is 9.47 Å². The molecular formula is C20H22ClN5O2. The third kappa shape index (κ3) is 4.37. The Morgan fingerprint density at radius 1 is 1.00 bits per heavy atom. The summed E-state index contributed by atoms with van der Waals surface area (Å²) in [7, 11) is 3.11. The fraction of sp³-hybridized carbons (Fsp3) is 0.200. The van der Waals surface area contributed by atoms with Gasteiger partial charge >= 0.3 is 0 Å². The van der Waals surface area contributed by atoms with Crippen LogP contribution in [-0.4, -0.2) is 24.2 Å². The Balaban J connectivity index is 1.81. The zero-order valence-electron chi connectivity index (χ0n) is 15.9. The summed E-state index contributed by atoms with van der Waals surface area (Å²) in [6.07, 6.45) is 1.44. The summed E-state index contributed by atoms with van der Waals surface area (Å²) in [4.78, 5) is 8.47. The van der Waals surface area contributed by atoms with Crippen molar-refractivity contribution in [2.75, 3.05) is 30.6 Å². The number of aryl methyl sites for hydroxylation is 1. The van der Waals surface area contributed by atoms with Crippen molar-refractivity contribution in [2.24, 2.45) is 0 Å². The number of nitrogen functional groups attached to an aromatic ring is 1. The molecule has 0 radical (unpaired) electrons. The molecule has 3 aromatic rings. The second-order valence-electron chi connectivity index (χ2n) is 6.14. The maximum Gasteiger partial charge on any atom is 0.159 e.